The molecule has 0 aliphatic carbocycles. The van der Waals surface area contributed by atoms with Gasteiger partial charge in [-0.1, -0.05) is 49.7 Å². The van der Waals surface area contributed by atoms with E-state index in [1.54, 1.807) is 23.1 Å². The van der Waals surface area contributed by atoms with Gasteiger partial charge in [0.05, 0.1) is 31.3 Å². The van der Waals surface area contributed by atoms with E-state index in [4.69, 9.17) is 4.74 Å². The molecule has 2 aromatic rings. The number of carbonyl (C=O) groups is 2. The predicted molar refractivity (Wildman–Crippen MR) is 109 cm³/mol. The van der Waals surface area contributed by atoms with E-state index in [9.17, 15) is 14.7 Å². The second-order valence-corrected chi connectivity index (χ2v) is 6.91. The minimum Gasteiger partial charge on any atom is -0.507 e. The number of hydrogen-bond acceptors (Lipinski definition) is 4. The van der Waals surface area contributed by atoms with Gasteiger partial charge in [-0.25, -0.2) is 4.79 Å². The van der Waals surface area contributed by atoms with Crippen LogP contribution in [0.3, 0.4) is 0 Å². The Balaban J connectivity index is 1.92. The topological polar surface area (TPSA) is 66.8 Å². The molecule has 0 radical (unpaired) electrons. The molecule has 1 N–H and O–H groups in total. The third kappa shape index (κ3) is 4.09. The van der Waals surface area contributed by atoms with Crippen LogP contribution >= 0.6 is 0 Å². The van der Waals surface area contributed by atoms with E-state index in [-0.39, 0.29) is 23.7 Å². The van der Waals surface area contributed by atoms with Crippen LogP contribution in [0.25, 0.3) is 5.76 Å². The van der Waals surface area contributed by atoms with Crippen LogP contribution in [-0.2, 0) is 27.3 Å². The maximum absolute atomic E-state index is 12.9. The third-order valence-corrected chi connectivity index (χ3v) is 4.98. The van der Waals surface area contributed by atoms with E-state index in [0.717, 1.165) is 24.8 Å². The maximum Gasteiger partial charge on any atom is 0.338 e. The number of rotatable bonds is 6. The lowest BCUT2D eigenvalue weighted by Gasteiger charge is -2.23. The van der Waals surface area contributed by atoms with Crippen LogP contribution in [0.1, 0.15) is 42.9 Å². The average molecular weight is 379 g/mol. The normalized spacial score (nSPS) is 13.9. The van der Waals surface area contributed by atoms with Gasteiger partial charge in [-0.2, -0.15) is 0 Å². The summed E-state index contributed by atoms with van der Waals surface area (Å²) in [4.78, 5) is 26.6. The number of unbranched alkanes of at least 4 members (excludes halogenated alkanes) is 1. The number of nitrogens with zero attached hydrogens (tertiary/aromatic N) is 1. The molecule has 0 spiro atoms. The van der Waals surface area contributed by atoms with Gasteiger partial charge in [-0.3, -0.25) is 4.79 Å². The Hall–Kier alpha value is -3.08. The minimum atomic E-state index is -0.692. The van der Waals surface area contributed by atoms with Crippen molar-refractivity contribution in [1.29, 1.82) is 0 Å². The Kier molecular flexibility index (Phi) is 6.14. The molecule has 0 saturated carbocycles. The molecule has 0 aromatic heterocycles. The lowest BCUT2D eigenvalue weighted by atomic mass is 10.1. The third-order valence-electron chi connectivity index (χ3n) is 4.98. The Labute approximate surface area is 165 Å². The van der Waals surface area contributed by atoms with E-state index in [2.05, 4.69) is 19.1 Å². The summed E-state index contributed by atoms with van der Waals surface area (Å²) < 4.78 is 4.75. The van der Waals surface area contributed by atoms with Crippen molar-refractivity contribution in [1.82, 2.24) is 0 Å². The number of hydrogen-bond donors (Lipinski definition) is 1. The number of anilines is 1. The molecule has 28 heavy (non-hydrogen) atoms. The van der Waals surface area contributed by atoms with Crippen LogP contribution in [0.5, 0.6) is 0 Å². The summed E-state index contributed by atoms with van der Waals surface area (Å²) >= 11 is 0. The minimum absolute atomic E-state index is 0.0163. The van der Waals surface area contributed by atoms with Gasteiger partial charge >= 0.3 is 5.97 Å². The number of fused-ring (bicyclic) bond motifs is 1. The van der Waals surface area contributed by atoms with Gasteiger partial charge in [0, 0.05) is 5.56 Å². The number of carbonyl (C=O) groups excluding carboxylic acids is 2. The first kappa shape index (κ1) is 19.7. The number of para-hydroxylation sites is 1. The highest BCUT2D eigenvalue weighted by Crippen LogP contribution is 2.34. The monoisotopic (exact) mass is 379 g/mol. The van der Waals surface area contributed by atoms with Crippen molar-refractivity contribution in [3.05, 3.63) is 70.8 Å². The number of methoxy groups -OCH3 is 1. The molecule has 1 aliphatic rings. The first-order valence-corrected chi connectivity index (χ1v) is 9.53. The summed E-state index contributed by atoms with van der Waals surface area (Å²) in [6, 6.07) is 15.3. The molecular weight excluding hydrogens is 354 g/mol. The fourth-order valence-corrected chi connectivity index (χ4v) is 3.38. The summed E-state index contributed by atoms with van der Waals surface area (Å²) in [5.41, 5.74) is 3.29. The average Bonchev–Trinajstić information content (AvgIpc) is 2.83. The molecule has 0 atom stereocenters. The quantitative estimate of drug-likeness (QED) is 0.755. The van der Waals surface area contributed by atoms with Crippen molar-refractivity contribution in [3.63, 3.8) is 0 Å². The molecule has 146 valence electrons. The summed E-state index contributed by atoms with van der Waals surface area (Å²) in [5, 5.41) is 10.6. The summed E-state index contributed by atoms with van der Waals surface area (Å²) in [5.74, 6) is -1.15. The summed E-state index contributed by atoms with van der Waals surface area (Å²) in [7, 11) is 1.24. The lowest BCUT2D eigenvalue weighted by Crippen LogP contribution is -2.30. The highest BCUT2D eigenvalue weighted by molar-refractivity contribution is 6.09. The van der Waals surface area contributed by atoms with Crippen molar-refractivity contribution in [2.75, 3.05) is 12.0 Å². The molecule has 0 unspecified atom stereocenters. The molecular formula is C23H25NO4. The zero-order chi connectivity index (χ0) is 20.1. The fourth-order valence-electron chi connectivity index (χ4n) is 3.38. The molecule has 5 heteroatoms. The van der Waals surface area contributed by atoms with Gasteiger partial charge < -0.3 is 14.7 Å². The number of aliphatic hydroxyl groups excluding tert-OH is 1. The highest BCUT2D eigenvalue weighted by Gasteiger charge is 2.31. The first-order valence-electron chi connectivity index (χ1n) is 9.53. The molecule has 2 aromatic carbocycles. The van der Waals surface area contributed by atoms with Gasteiger partial charge in [0.15, 0.2) is 0 Å². The predicted octanol–water partition coefficient (Wildman–Crippen LogP) is 4.41. The number of aryl methyl sites for hydroxylation is 1. The number of benzene rings is 2. The molecule has 0 fully saturated rings. The molecule has 1 heterocycles. The SMILES string of the molecule is CCCCc1ccc(CN2C(=O)CC(C(=O)OC)=C(O)c3ccccc32)cc1. The number of ether oxygens (including phenoxy) is 1. The molecule has 1 amide bonds. The number of esters is 1. The van der Waals surface area contributed by atoms with Crippen LogP contribution in [-0.4, -0.2) is 24.1 Å². The van der Waals surface area contributed by atoms with E-state index < -0.39 is 5.97 Å². The van der Waals surface area contributed by atoms with Crippen molar-refractivity contribution in [2.45, 2.75) is 39.2 Å². The Morgan fingerprint density at radius 3 is 2.46 bits per heavy atom. The van der Waals surface area contributed by atoms with Gasteiger partial charge in [0.2, 0.25) is 5.91 Å². The zero-order valence-electron chi connectivity index (χ0n) is 16.3. The lowest BCUT2D eigenvalue weighted by molar-refractivity contribution is -0.137. The summed E-state index contributed by atoms with van der Waals surface area (Å²) in [6.07, 6.45) is 3.14. The largest absolute Gasteiger partial charge is 0.507 e. The number of aliphatic hydroxyl groups is 1. The van der Waals surface area contributed by atoms with Gasteiger partial charge in [-0.05, 0) is 36.1 Å². The van der Waals surface area contributed by atoms with Crippen LogP contribution in [0.4, 0.5) is 5.69 Å². The van der Waals surface area contributed by atoms with Crippen molar-refractivity contribution in [3.8, 4) is 0 Å². The molecule has 0 saturated heterocycles. The van der Waals surface area contributed by atoms with Crippen LogP contribution < -0.4 is 4.90 Å². The van der Waals surface area contributed by atoms with E-state index in [1.807, 2.05) is 18.2 Å². The smallest absolute Gasteiger partial charge is 0.338 e. The van der Waals surface area contributed by atoms with Crippen molar-refractivity contribution in [2.24, 2.45) is 0 Å². The zero-order valence-corrected chi connectivity index (χ0v) is 16.3. The van der Waals surface area contributed by atoms with Crippen LogP contribution in [0.2, 0.25) is 0 Å². The summed E-state index contributed by atoms with van der Waals surface area (Å²) in [6.45, 7) is 2.54. The van der Waals surface area contributed by atoms with Crippen LogP contribution in [0.15, 0.2) is 54.1 Å². The Morgan fingerprint density at radius 2 is 1.79 bits per heavy atom. The van der Waals surface area contributed by atoms with Gasteiger partial charge in [0.25, 0.3) is 0 Å². The van der Waals surface area contributed by atoms with E-state index in [1.165, 1.54) is 12.7 Å². The molecule has 0 bridgehead atoms. The fraction of sp³-hybridized carbons (Fsp3) is 0.304. The van der Waals surface area contributed by atoms with Gasteiger partial charge in [-0.15, -0.1) is 0 Å². The highest BCUT2D eigenvalue weighted by atomic mass is 16.5. The van der Waals surface area contributed by atoms with Crippen LogP contribution in [0, 0.1) is 0 Å². The maximum atomic E-state index is 12.9. The standard InChI is InChI=1S/C23H25NO4/c1-3-4-7-16-10-12-17(13-11-16)15-24-20-9-6-5-8-18(20)22(26)19(14-21(24)25)23(27)28-2/h5-6,8-13,26H,3-4,7,14-15H2,1-2H3. The van der Waals surface area contributed by atoms with Crippen molar-refractivity contribution < 1.29 is 19.4 Å². The Bertz CT molecular complexity index is 899. The first-order chi connectivity index (χ1) is 13.5. The second kappa shape index (κ2) is 8.74. The van der Waals surface area contributed by atoms with Gasteiger partial charge in [0.1, 0.15) is 5.76 Å². The number of amides is 1. The van der Waals surface area contributed by atoms with E-state index >= 15 is 0 Å². The van der Waals surface area contributed by atoms with E-state index in [0.29, 0.717) is 17.8 Å². The Morgan fingerprint density at radius 1 is 1.11 bits per heavy atom. The molecule has 3 rings (SSSR count). The molecule has 1 aliphatic heterocycles. The van der Waals surface area contributed by atoms with Crippen molar-refractivity contribution >= 4 is 23.3 Å². The second-order valence-electron chi connectivity index (χ2n) is 6.91. The molecule has 5 nitrogen and oxygen atoms in total.